The number of hydrogen-bond donors (Lipinski definition) is 0. The highest BCUT2D eigenvalue weighted by atomic mass is 79.9. The summed E-state index contributed by atoms with van der Waals surface area (Å²) in [6.07, 6.45) is 0. The number of alkyl halides is 1. The standard InChI is InChI=1S/C9H14BrNO2S2/c1-9(2,7-10)11(3)15(12,13)8-5-4-6-14-8/h4-6H,7H2,1-3H3. The van der Waals surface area contributed by atoms with E-state index in [0.29, 0.717) is 9.54 Å². The molecule has 1 aromatic rings. The highest BCUT2D eigenvalue weighted by molar-refractivity contribution is 9.09. The van der Waals surface area contributed by atoms with E-state index in [1.165, 1.54) is 15.6 Å². The third kappa shape index (κ3) is 2.61. The summed E-state index contributed by atoms with van der Waals surface area (Å²) in [5.74, 6) is 0. The Morgan fingerprint density at radius 1 is 1.53 bits per heavy atom. The maximum absolute atomic E-state index is 12.1. The zero-order valence-corrected chi connectivity index (χ0v) is 12.1. The van der Waals surface area contributed by atoms with Crippen LogP contribution in [0.4, 0.5) is 0 Å². The lowest BCUT2D eigenvalue weighted by atomic mass is 10.1. The van der Waals surface area contributed by atoms with E-state index in [2.05, 4.69) is 15.9 Å². The second kappa shape index (κ2) is 4.53. The van der Waals surface area contributed by atoms with Crippen molar-refractivity contribution in [3.05, 3.63) is 17.5 Å². The second-order valence-corrected chi connectivity index (χ2v) is 7.56. The van der Waals surface area contributed by atoms with E-state index >= 15 is 0 Å². The quantitative estimate of drug-likeness (QED) is 0.801. The molecule has 0 unspecified atom stereocenters. The third-order valence-electron chi connectivity index (χ3n) is 2.29. The van der Waals surface area contributed by atoms with Gasteiger partial charge in [0.05, 0.1) is 0 Å². The van der Waals surface area contributed by atoms with Gasteiger partial charge in [-0.3, -0.25) is 0 Å². The zero-order valence-electron chi connectivity index (χ0n) is 8.90. The molecule has 0 N–H and O–H groups in total. The minimum atomic E-state index is -3.34. The van der Waals surface area contributed by atoms with E-state index in [4.69, 9.17) is 0 Å². The van der Waals surface area contributed by atoms with Crippen LogP contribution in [-0.4, -0.2) is 30.6 Å². The first-order valence-electron chi connectivity index (χ1n) is 4.41. The van der Waals surface area contributed by atoms with Gasteiger partial charge in [-0.05, 0) is 25.3 Å². The van der Waals surface area contributed by atoms with Gasteiger partial charge in [0.25, 0.3) is 10.0 Å². The van der Waals surface area contributed by atoms with Gasteiger partial charge in [-0.15, -0.1) is 11.3 Å². The molecule has 0 saturated heterocycles. The monoisotopic (exact) mass is 311 g/mol. The molecule has 15 heavy (non-hydrogen) atoms. The number of nitrogens with zero attached hydrogens (tertiary/aromatic N) is 1. The van der Waals surface area contributed by atoms with Gasteiger partial charge < -0.3 is 0 Å². The maximum atomic E-state index is 12.1. The molecule has 0 spiro atoms. The molecular weight excluding hydrogens is 298 g/mol. The summed E-state index contributed by atoms with van der Waals surface area (Å²) in [7, 11) is -1.74. The highest BCUT2D eigenvalue weighted by Gasteiger charge is 2.33. The van der Waals surface area contributed by atoms with Crippen LogP contribution in [0.5, 0.6) is 0 Å². The topological polar surface area (TPSA) is 37.4 Å². The van der Waals surface area contributed by atoms with E-state index in [-0.39, 0.29) is 0 Å². The lowest BCUT2D eigenvalue weighted by Crippen LogP contribution is -2.45. The van der Waals surface area contributed by atoms with Crippen molar-refractivity contribution in [2.75, 3.05) is 12.4 Å². The van der Waals surface area contributed by atoms with Gasteiger partial charge in [0, 0.05) is 17.9 Å². The van der Waals surface area contributed by atoms with Crippen LogP contribution in [0.2, 0.25) is 0 Å². The number of halogens is 1. The normalized spacial score (nSPS) is 13.4. The smallest absolute Gasteiger partial charge is 0.206 e. The molecular formula is C9H14BrNO2S2. The average Bonchev–Trinajstić information content (AvgIpc) is 2.69. The first kappa shape index (κ1) is 13.2. The highest BCUT2D eigenvalue weighted by Crippen LogP contribution is 2.26. The van der Waals surface area contributed by atoms with Crippen LogP contribution in [0.1, 0.15) is 13.8 Å². The van der Waals surface area contributed by atoms with Crippen LogP contribution >= 0.6 is 27.3 Å². The van der Waals surface area contributed by atoms with Crippen LogP contribution in [-0.2, 0) is 10.0 Å². The fourth-order valence-corrected chi connectivity index (χ4v) is 4.17. The van der Waals surface area contributed by atoms with Gasteiger partial charge in [0.1, 0.15) is 4.21 Å². The molecule has 0 aliphatic carbocycles. The third-order valence-corrected chi connectivity index (χ3v) is 7.10. The summed E-state index contributed by atoms with van der Waals surface area (Å²) in [5.41, 5.74) is -0.428. The summed E-state index contributed by atoms with van der Waals surface area (Å²) >= 11 is 4.56. The Hall–Kier alpha value is 0.0900. The minimum Gasteiger partial charge on any atom is -0.206 e. The Morgan fingerprint density at radius 3 is 2.53 bits per heavy atom. The van der Waals surface area contributed by atoms with Crippen molar-refractivity contribution in [2.24, 2.45) is 0 Å². The largest absolute Gasteiger partial charge is 0.252 e. The first-order valence-corrected chi connectivity index (χ1v) is 7.85. The van der Waals surface area contributed by atoms with Crippen molar-refractivity contribution >= 4 is 37.3 Å². The lowest BCUT2D eigenvalue weighted by molar-refractivity contribution is 0.300. The Labute approximate surface area is 103 Å². The van der Waals surface area contributed by atoms with Gasteiger partial charge in [0.15, 0.2) is 0 Å². The minimum absolute atomic E-state index is 0.388. The van der Waals surface area contributed by atoms with Gasteiger partial charge in [-0.25, -0.2) is 8.42 Å². The number of sulfonamides is 1. The van der Waals surface area contributed by atoms with Gasteiger partial charge in [0.2, 0.25) is 0 Å². The van der Waals surface area contributed by atoms with Crippen LogP contribution in [0.25, 0.3) is 0 Å². The molecule has 0 amide bonds. The molecule has 0 aromatic carbocycles. The van der Waals surface area contributed by atoms with E-state index in [0.717, 1.165) is 0 Å². The van der Waals surface area contributed by atoms with Crippen LogP contribution < -0.4 is 0 Å². The van der Waals surface area contributed by atoms with Crippen molar-refractivity contribution < 1.29 is 8.42 Å². The molecule has 0 atom stereocenters. The molecule has 1 rings (SSSR count). The Kier molecular flexibility index (Phi) is 3.97. The summed E-state index contributed by atoms with van der Waals surface area (Å²) in [6, 6.07) is 3.37. The Balaban J connectivity index is 3.09. The molecule has 3 nitrogen and oxygen atoms in total. The van der Waals surface area contributed by atoms with E-state index in [9.17, 15) is 8.42 Å². The molecule has 1 aromatic heterocycles. The molecule has 1 heterocycles. The van der Waals surface area contributed by atoms with Gasteiger partial charge >= 0.3 is 0 Å². The summed E-state index contributed by atoms with van der Waals surface area (Å²) in [5, 5.41) is 2.36. The molecule has 0 bridgehead atoms. The molecule has 0 radical (unpaired) electrons. The summed E-state index contributed by atoms with van der Waals surface area (Å²) < 4.78 is 26.0. The zero-order chi connectivity index (χ0) is 11.7. The van der Waals surface area contributed by atoms with E-state index < -0.39 is 15.6 Å². The van der Waals surface area contributed by atoms with Crippen molar-refractivity contribution in [2.45, 2.75) is 23.6 Å². The number of hydrogen-bond acceptors (Lipinski definition) is 3. The van der Waals surface area contributed by atoms with Crippen LogP contribution in [0, 0.1) is 0 Å². The summed E-state index contributed by atoms with van der Waals surface area (Å²) in [6.45, 7) is 3.76. The Bertz CT molecular complexity index is 411. The predicted molar refractivity (Wildman–Crippen MR) is 67.1 cm³/mol. The lowest BCUT2D eigenvalue weighted by Gasteiger charge is -2.32. The SMILES string of the molecule is CN(C(C)(C)CBr)S(=O)(=O)c1cccs1. The number of thiophene rings is 1. The van der Waals surface area contributed by atoms with Gasteiger partial charge in [-0.2, -0.15) is 4.31 Å². The Morgan fingerprint density at radius 2 is 2.13 bits per heavy atom. The number of rotatable bonds is 4. The summed E-state index contributed by atoms with van der Waals surface area (Å²) in [4.78, 5) is 0. The fourth-order valence-electron chi connectivity index (χ4n) is 0.955. The molecule has 6 heteroatoms. The fraction of sp³-hybridized carbons (Fsp3) is 0.556. The van der Waals surface area contributed by atoms with Gasteiger partial charge in [-0.1, -0.05) is 22.0 Å². The molecule has 0 saturated carbocycles. The van der Waals surface area contributed by atoms with Crippen molar-refractivity contribution in [3.63, 3.8) is 0 Å². The van der Waals surface area contributed by atoms with Crippen molar-refractivity contribution in [3.8, 4) is 0 Å². The molecule has 0 aliphatic rings. The average molecular weight is 312 g/mol. The molecule has 0 aliphatic heterocycles. The molecule has 0 fully saturated rings. The van der Waals surface area contributed by atoms with Crippen molar-refractivity contribution in [1.82, 2.24) is 4.31 Å². The van der Waals surface area contributed by atoms with E-state index in [1.54, 1.807) is 24.6 Å². The van der Waals surface area contributed by atoms with Crippen LogP contribution in [0.15, 0.2) is 21.7 Å². The van der Waals surface area contributed by atoms with Crippen LogP contribution in [0.3, 0.4) is 0 Å². The van der Waals surface area contributed by atoms with E-state index in [1.807, 2.05) is 13.8 Å². The van der Waals surface area contributed by atoms with Crippen molar-refractivity contribution in [1.29, 1.82) is 0 Å². The first-order chi connectivity index (χ1) is 6.82. The predicted octanol–water partition coefficient (Wildman–Crippen LogP) is 2.54. The second-order valence-electron chi connectivity index (χ2n) is 3.85. The maximum Gasteiger partial charge on any atom is 0.252 e. The molecule has 86 valence electrons.